The van der Waals surface area contributed by atoms with Crippen LogP contribution in [-0.2, 0) is 0 Å². The summed E-state index contributed by atoms with van der Waals surface area (Å²) in [5.74, 6) is -0.423. The van der Waals surface area contributed by atoms with Gasteiger partial charge in [-0.05, 0) is 30.3 Å². The lowest BCUT2D eigenvalue weighted by Crippen LogP contribution is -2.42. The van der Waals surface area contributed by atoms with E-state index in [4.69, 9.17) is 0 Å². The zero-order valence-corrected chi connectivity index (χ0v) is 12.6. The number of halogens is 1. The van der Waals surface area contributed by atoms with Gasteiger partial charge in [0.05, 0.1) is 28.7 Å². The van der Waals surface area contributed by atoms with E-state index in [0.29, 0.717) is 18.7 Å². The summed E-state index contributed by atoms with van der Waals surface area (Å²) in [6, 6.07) is 10.1. The zero-order chi connectivity index (χ0) is 16.0. The first kappa shape index (κ1) is 13.8. The van der Waals surface area contributed by atoms with Gasteiger partial charge in [0.2, 0.25) is 0 Å². The minimum Gasteiger partial charge on any atom is -0.371 e. The monoisotopic (exact) mass is 310 g/mol. The molecule has 0 radical (unpaired) electrons. The summed E-state index contributed by atoms with van der Waals surface area (Å²) in [7, 11) is 1.90. The summed E-state index contributed by atoms with van der Waals surface area (Å²) in [6.07, 6.45) is 3.39. The van der Waals surface area contributed by atoms with Crippen LogP contribution < -0.4 is 9.80 Å². The van der Waals surface area contributed by atoms with Crippen LogP contribution in [-0.4, -0.2) is 35.7 Å². The fourth-order valence-corrected chi connectivity index (χ4v) is 2.98. The zero-order valence-electron chi connectivity index (χ0n) is 12.6. The molecule has 0 aliphatic carbocycles. The van der Waals surface area contributed by atoms with Crippen molar-refractivity contribution in [3.05, 3.63) is 60.2 Å². The normalized spacial score (nSPS) is 14.2. The summed E-state index contributed by atoms with van der Waals surface area (Å²) in [5, 5.41) is 4.22. The van der Waals surface area contributed by atoms with Crippen molar-refractivity contribution in [1.29, 1.82) is 0 Å². The molecule has 6 heteroatoms. The van der Waals surface area contributed by atoms with E-state index >= 15 is 0 Å². The Morgan fingerprint density at radius 3 is 2.91 bits per heavy atom. The van der Waals surface area contributed by atoms with Crippen LogP contribution in [0.25, 0.3) is 5.52 Å². The molecule has 0 N–H and O–H groups in total. The van der Waals surface area contributed by atoms with Crippen LogP contribution in [0, 0.1) is 5.82 Å². The third kappa shape index (κ3) is 2.14. The summed E-state index contributed by atoms with van der Waals surface area (Å²) >= 11 is 0. The quantitative estimate of drug-likeness (QED) is 0.693. The number of carbonyl (C=O) groups excluding carboxylic acids is 1. The van der Waals surface area contributed by atoms with E-state index in [0.717, 1.165) is 16.9 Å². The Bertz CT molecular complexity index is 904. The van der Waals surface area contributed by atoms with Gasteiger partial charge in [0.1, 0.15) is 5.82 Å². The van der Waals surface area contributed by atoms with Crippen molar-refractivity contribution >= 4 is 22.8 Å². The van der Waals surface area contributed by atoms with E-state index < -0.39 is 0 Å². The Kier molecular flexibility index (Phi) is 3.04. The van der Waals surface area contributed by atoms with E-state index in [9.17, 15) is 9.18 Å². The molecule has 0 fully saturated rings. The Balaban J connectivity index is 1.79. The van der Waals surface area contributed by atoms with Crippen LogP contribution in [0.15, 0.2) is 48.8 Å². The molecular weight excluding hydrogens is 295 g/mol. The van der Waals surface area contributed by atoms with Crippen LogP contribution in [0.1, 0.15) is 10.4 Å². The fourth-order valence-electron chi connectivity index (χ4n) is 2.98. The molecule has 0 saturated heterocycles. The van der Waals surface area contributed by atoms with Gasteiger partial charge >= 0.3 is 0 Å². The molecule has 0 bridgehead atoms. The van der Waals surface area contributed by atoms with Gasteiger partial charge in [0.25, 0.3) is 5.91 Å². The fraction of sp³-hybridized carbons (Fsp3) is 0.176. The first-order valence-electron chi connectivity index (χ1n) is 7.40. The molecule has 4 rings (SSSR count). The third-order valence-corrected chi connectivity index (χ3v) is 4.20. The summed E-state index contributed by atoms with van der Waals surface area (Å²) in [5.41, 5.74) is 2.76. The van der Waals surface area contributed by atoms with Gasteiger partial charge in [-0.3, -0.25) is 4.79 Å². The molecule has 1 aliphatic heterocycles. The van der Waals surface area contributed by atoms with Crippen molar-refractivity contribution in [3.63, 3.8) is 0 Å². The molecule has 0 spiro atoms. The highest BCUT2D eigenvalue weighted by atomic mass is 19.1. The van der Waals surface area contributed by atoms with Crippen LogP contribution in [0.3, 0.4) is 0 Å². The number of aromatic nitrogens is 2. The van der Waals surface area contributed by atoms with Crippen molar-refractivity contribution in [2.24, 2.45) is 0 Å². The average Bonchev–Trinajstić information content (AvgIpc) is 2.99. The molecule has 1 aromatic carbocycles. The lowest BCUT2D eigenvalue weighted by Gasteiger charge is -2.35. The molecular formula is C17H15FN4O. The third-order valence-electron chi connectivity index (χ3n) is 4.20. The second kappa shape index (κ2) is 5.08. The van der Waals surface area contributed by atoms with Gasteiger partial charge in [0.15, 0.2) is 0 Å². The highest BCUT2D eigenvalue weighted by Crippen LogP contribution is 2.34. The van der Waals surface area contributed by atoms with E-state index in [1.54, 1.807) is 27.9 Å². The number of anilines is 2. The standard InChI is InChI=1S/C17H15FN4O/c1-20-8-9-21(15-6-5-12(18)10-16(15)20)17(23)13-11-19-22-7-3-2-4-14(13)22/h2-7,10-11H,8-9H2,1H3. The summed E-state index contributed by atoms with van der Waals surface area (Å²) < 4.78 is 15.2. The van der Waals surface area contributed by atoms with Gasteiger partial charge < -0.3 is 9.80 Å². The molecule has 3 heterocycles. The highest BCUT2D eigenvalue weighted by molar-refractivity contribution is 6.12. The number of benzene rings is 1. The van der Waals surface area contributed by atoms with Crippen LogP contribution >= 0.6 is 0 Å². The molecule has 0 saturated carbocycles. The predicted octanol–water partition coefficient (Wildman–Crippen LogP) is 2.57. The van der Waals surface area contributed by atoms with Gasteiger partial charge in [0, 0.05) is 26.3 Å². The van der Waals surface area contributed by atoms with E-state index in [1.165, 1.54) is 12.1 Å². The Hall–Kier alpha value is -2.89. The smallest absolute Gasteiger partial charge is 0.262 e. The van der Waals surface area contributed by atoms with E-state index in [-0.39, 0.29) is 11.7 Å². The largest absolute Gasteiger partial charge is 0.371 e. The minimum atomic E-state index is -0.305. The number of pyridine rings is 1. The highest BCUT2D eigenvalue weighted by Gasteiger charge is 2.28. The minimum absolute atomic E-state index is 0.118. The number of carbonyl (C=O) groups is 1. The van der Waals surface area contributed by atoms with E-state index in [1.807, 2.05) is 30.1 Å². The average molecular weight is 310 g/mol. The van der Waals surface area contributed by atoms with Gasteiger partial charge in [-0.2, -0.15) is 5.10 Å². The molecule has 3 aromatic rings. The number of nitrogens with zero attached hydrogens (tertiary/aromatic N) is 4. The van der Waals surface area contributed by atoms with E-state index in [2.05, 4.69) is 5.10 Å². The molecule has 0 atom stereocenters. The van der Waals surface area contributed by atoms with Crippen molar-refractivity contribution in [2.75, 3.05) is 29.9 Å². The summed E-state index contributed by atoms with van der Waals surface area (Å²) in [6.45, 7) is 1.21. The van der Waals surface area contributed by atoms with Crippen molar-refractivity contribution in [2.45, 2.75) is 0 Å². The number of rotatable bonds is 1. The Morgan fingerprint density at radius 2 is 2.04 bits per heavy atom. The maximum Gasteiger partial charge on any atom is 0.262 e. The van der Waals surface area contributed by atoms with Crippen molar-refractivity contribution < 1.29 is 9.18 Å². The first-order valence-corrected chi connectivity index (χ1v) is 7.40. The molecule has 116 valence electrons. The predicted molar refractivity (Wildman–Crippen MR) is 86.5 cm³/mol. The van der Waals surface area contributed by atoms with Crippen molar-refractivity contribution in [3.8, 4) is 0 Å². The second-order valence-electron chi connectivity index (χ2n) is 5.60. The molecule has 23 heavy (non-hydrogen) atoms. The first-order chi connectivity index (χ1) is 11.1. The number of amides is 1. The topological polar surface area (TPSA) is 40.8 Å². The maximum absolute atomic E-state index is 13.5. The second-order valence-corrected chi connectivity index (χ2v) is 5.60. The SMILES string of the molecule is CN1CCN(C(=O)c2cnn3ccccc23)c2ccc(F)cc21. The summed E-state index contributed by atoms with van der Waals surface area (Å²) in [4.78, 5) is 16.6. The molecule has 2 aromatic heterocycles. The van der Waals surface area contributed by atoms with Gasteiger partial charge in [-0.15, -0.1) is 0 Å². The molecule has 1 amide bonds. The van der Waals surface area contributed by atoms with Crippen LogP contribution in [0.4, 0.5) is 15.8 Å². The van der Waals surface area contributed by atoms with Crippen LogP contribution in [0.5, 0.6) is 0 Å². The molecule has 0 unspecified atom stereocenters. The number of likely N-dealkylation sites (N-methyl/N-ethyl adjacent to an activating group) is 1. The molecule has 1 aliphatic rings. The molecule has 5 nitrogen and oxygen atoms in total. The Morgan fingerprint density at radius 1 is 1.17 bits per heavy atom. The number of hydrogen-bond donors (Lipinski definition) is 0. The van der Waals surface area contributed by atoms with Gasteiger partial charge in [-0.25, -0.2) is 8.91 Å². The maximum atomic E-state index is 13.5. The van der Waals surface area contributed by atoms with Crippen LogP contribution in [0.2, 0.25) is 0 Å². The number of hydrogen-bond acceptors (Lipinski definition) is 3. The number of fused-ring (bicyclic) bond motifs is 2. The Labute approximate surface area is 132 Å². The lowest BCUT2D eigenvalue weighted by atomic mass is 10.1. The van der Waals surface area contributed by atoms with Gasteiger partial charge in [-0.1, -0.05) is 6.07 Å². The lowest BCUT2D eigenvalue weighted by molar-refractivity contribution is 0.0988. The van der Waals surface area contributed by atoms with Crippen molar-refractivity contribution in [1.82, 2.24) is 9.61 Å².